The lowest BCUT2D eigenvalue weighted by molar-refractivity contribution is -0.115. The molecule has 0 unspecified atom stereocenters. The molecule has 0 aliphatic carbocycles. The van der Waals surface area contributed by atoms with Crippen molar-refractivity contribution in [3.05, 3.63) is 53.6 Å². The summed E-state index contributed by atoms with van der Waals surface area (Å²) < 4.78 is 36.2. The number of hydrogen-bond donors (Lipinski definition) is 1. The Bertz CT molecular complexity index is 1050. The maximum absolute atomic E-state index is 12.7. The molecule has 1 aromatic heterocycles. The maximum Gasteiger partial charge on any atom is 0.387 e. The molecule has 0 aliphatic rings. The second-order valence-corrected chi connectivity index (χ2v) is 8.30. The third-order valence-corrected chi connectivity index (χ3v) is 5.71. The van der Waals surface area contributed by atoms with Gasteiger partial charge >= 0.3 is 6.61 Å². The molecule has 32 heavy (non-hydrogen) atoms. The van der Waals surface area contributed by atoms with Gasteiger partial charge in [-0.3, -0.25) is 9.36 Å². The standard InChI is InChI=1S/C21H21ClF2N4O3S/c1-13(19(29)25-15-8-9-17(16(22)12-15)31-20(23)24)32-21-27-26-18(28(21)10-11-30-2)14-6-4-3-5-7-14/h3-9,12-13,20H,10-11H2,1-2H3,(H,25,29)/t13-/m1/s1. The topological polar surface area (TPSA) is 78.3 Å². The first-order chi connectivity index (χ1) is 15.4. The average molecular weight is 483 g/mol. The highest BCUT2D eigenvalue weighted by Gasteiger charge is 2.21. The zero-order valence-electron chi connectivity index (χ0n) is 17.3. The summed E-state index contributed by atoms with van der Waals surface area (Å²) >= 11 is 7.19. The summed E-state index contributed by atoms with van der Waals surface area (Å²) in [5, 5.41) is 11.3. The number of thioether (sulfide) groups is 1. The van der Waals surface area contributed by atoms with E-state index in [9.17, 15) is 13.6 Å². The lowest BCUT2D eigenvalue weighted by Gasteiger charge is -2.14. The van der Waals surface area contributed by atoms with E-state index in [4.69, 9.17) is 16.3 Å². The molecule has 1 atom stereocenters. The summed E-state index contributed by atoms with van der Waals surface area (Å²) in [5.41, 5.74) is 1.26. The minimum atomic E-state index is -2.99. The molecule has 0 radical (unpaired) electrons. The molecule has 0 fully saturated rings. The van der Waals surface area contributed by atoms with Crippen molar-refractivity contribution >= 4 is 35.0 Å². The van der Waals surface area contributed by atoms with Crippen LogP contribution in [-0.4, -0.2) is 46.2 Å². The van der Waals surface area contributed by atoms with Crippen LogP contribution in [0.2, 0.25) is 5.02 Å². The minimum Gasteiger partial charge on any atom is -0.433 e. The first-order valence-electron chi connectivity index (χ1n) is 9.58. The van der Waals surface area contributed by atoms with Gasteiger partial charge in [0.05, 0.1) is 23.4 Å². The van der Waals surface area contributed by atoms with E-state index < -0.39 is 11.9 Å². The Morgan fingerprint density at radius 2 is 1.97 bits per heavy atom. The summed E-state index contributed by atoms with van der Waals surface area (Å²) in [5.74, 6) is 0.206. The van der Waals surface area contributed by atoms with Gasteiger partial charge in [-0.05, 0) is 25.1 Å². The van der Waals surface area contributed by atoms with Crippen molar-refractivity contribution in [3.8, 4) is 17.1 Å². The molecular weight excluding hydrogens is 462 g/mol. The highest BCUT2D eigenvalue weighted by Crippen LogP contribution is 2.30. The zero-order valence-corrected chi connectivity index (χ0v) is 18.9. The van der Waals surface area contributed by atoms with E-state index in [0.29, 0.717) is 29.8 Å². The van der Waals surface area contributed by atoms with Gasteiger partial charge in [0.25, 0.3) is 0 Å². The lowest BCUT2D eigenvalue weighted by atomic mass is 10.2. The van der Waals surface area contributed by atoms with Crippen molar-refractivity contribution in [2.24, 2.45) is 0 Å². The second kappa shape index (κ2) is 11.3. The summed E-state index contributed by atoms with van der Waals surface area (Å²) in [4.78, 5) is 12.7. The van der Waals surface area contributed by atoms with Gasteiger partial charge < -0.3 is 14.8 Å². The predicted octanol–water partition coefficient (Wildman–Crippen LogP) is 4.97. The molecule has 0 spiro atoms. The molecule has 1 heterocycles. The predicted molar refractivity (Wildman–Crippen MR) is 119 cm³/mol. The number of nitrogens with zero attached hydrogens (tertiary/aromatic N) is 3. The summed E-state index contributed by atoms with van der Waals surface area (Å²) in [7, 11) is 1.61. The SMILES string of the molecule is COCCn1c(S[C@H](C)C(=O)Nc2ccc(OC(F)F)c(Cl)c2)nnc1-c1ccccc1. The fourth-order valence-electron chi connectivity index (χ4n) is 2.79. The van der Waals surface area contributed by atoms with Gasteiger partial charge in [-0.2, -0.15) is 8.78 Å². The summed E-state index contributed by atoms with van der Waals surface area (Å²) in [6.45, 7) is -0.281. The summed E-state index contributed by atoms with van der Waals surface area (Å²) in [6.07, 6.45) is 0. The summed E-state index contributed by atoms with van der Waals surface area (Å²) in [6, 6.07) is 13.7. The van der Waals surface area contributed by atoms with E-state index in [0.717, 1.165) is 5.56 Å². The van der Waals surface area contributed by atoms with Crippen LogP contribution in [0.4, 0.5) is 14.5 Å². The van der Waals surface area contributed by atoms with Crippen molar-refractivity contribution in [3.63, 3.8) is 0 Å². The van der Waals surface area contributed by atoms with Gasteiger partial charge in [0, 0.05) is 18.4 Å². The van der Waals surface area contributed by atoms with E-state index in [-0.39, 0.29) is 16.7 Å². The third-order valence-electron chi connectivity index (χ3n) is 4.33. The van der Waals surface area contributed by atoms with E-state index in [1.807, 2.05) is 34.9 Å². The smallest absolute Gasteiger partial charge is 0.387 e. The number of nitrogens with one attached hydrogen (secondary N) is 1. The highest BCUT2D eigenvalue weighted by molar-refractivity contribution is 8.00. The first-order valence-corrected chi connectivity index (χ1v) is 10.8. The monoisotopic (exact) mass is 482 g/mol. The van der Waals surface area contributed by atoms with Crippen LogP contribution in [-0.2, 0) is 16.1 Å². The Morgan fingerprint density at radius 3 is 2.62 bits per heavy atom. The number of carbonyl (C=O) groups excluding carboxylic acids is 1. The number of ether oxygens (including phenoxy) is 2. The van der Waals surface area contributed by atoms with Gasteiger partial charge in [0.1, 0.15) is 5.75 Å². The van der Waals surface area contributed by atoms with Crippen molar-refractivity contribution in [1.82, 2.24) is 14.8 Å². The van der Waals surface area contributed by atoms with Crippen LogP contribution < -0.4 is 10.1 Å². The number of anilines is 1. The van der Waals surface area contributed by atoms with E-state index in [1.165, 1.54) is 30.0 Å². The largest absolute Gasteiger partial charge is 0.433 e. The quantitative estimate of drug-likeness (QED) is 0.411. The van der Waals surface area contributed by atoms with Crippen LogP contribution in [0.3, 0.4) is 0 Å². The average Bonchev–Trinajstić information content (AvgIpc) is 3.16. The number of alkyl halides is 2. The molecule has 1 N–H and O–H groups in total. The van der Waals surface area contributed by atoms with Gasteiger partial charge in [-0.15, -0.1) is 10.2 Å². The maximum atomic E-state index is 12.7. The molecule has 0 aliphatic heterocycles. The molecule has 2 aromatic carbocycles. The molecule has 3 rings (SSSR count). The second-order valence-electron chi connectivity index (χ2n) is 6.59. The van der Waals surface area contributed by atoms with E-state index in [2.05, 4.69) is 20.3 Å². The molecule has 7 nitrogen and oxygen atoms in total. The normalized spacial score (nSPS) is 12.1. The Balaban J connectivity index is 1.72. The molecule has 170 valence electrons. The number of halogens is 3. The minimum absolute atomic E-state index is 0.0322. The fraction of sp³-hybridized carbons (Fsp3) is 0.286. The lowest BCUT2D eigenvalue weighted by Crippen LogP contribution is -2.23. The van der Waals surface area contributed by atoms with Gasteiger partial charge in [-0.1, -0.05) is 53.7 Å². The molecule has 0 saturated carbocycles. The molecular formula is C21H21ClF2N4O3S. The van der Waals surface area contributed by atoms with Crippen molar-refractivity contribution in [2.75, 3.05) is 19.0 Å². The third kappa shape index (κ3) is 6.18. The Kier molecular flexibility index (Phi) is 8.43. The molecule has 0 saturated heterocycles. The number of benzene rings is 2. The van der Waals surface area contributed by atoms with Crippen molar-refractivity contribution in [1.29, 1.82) is 0 Å². The van der Waals surface area contributed by atoms with Crippen LogP contribution >= 0.6 is 23.4 Å². The van der Waals surface area contributed by atoms with Crippen LogP contribution in [0.15, 0.2) is 53.7 Å². The van der Waals surface area contributed by atoms with E-state index >= 15 is 0 Å². The number of aromatic nitrogens is 3. The van der Waals surface area contributed by atoms with E-state index in [1.54, 1.807) is 14.0 Å². The molecule has 3 aromatic rings. The van der Waals surface area contributed by atoms with Crippen LogP contribution in [0.5, 0.6) is 5.75 Å². The molecule has 11 heteroatoms. The number of amides is 1. The van der Waals surface area contributed by atoms with Gasteiger partial charge in [0.2, 0.25) is 5.91 Å². The van der Waals surface area contributed by atoms with Crippen LogP contribution in [0, 0.1) is 0 Å². The van der Waals surface area contributed by atoms with Gasteiger partial charge in [0.15, 0.2) is 11.0 Å². The Labute approximate surface area is 193 Å². The number of carbonyl (C=O) groups is 1. The molecule has 0 bridgehead atoms. The van der Waals surface area contributed by atoms with Crippen LogP contribution in [0.1, 0.15) is 6.92 Å². The zero-order chi connectivity index (χ0) is 23.1. The van der Waals surface area contributed by atoms with Crippen LogP contribution in [0.25, 0.3) is 11.4 Å². The number of methoxy groups -OCH3 is 1. The van der Waals surface area contributed by atoms with Crippen molar-refractivity contribution in [2.45, 2.75) is 30.5 Å². The first kappa shape index (κ1) is 24.0. The fourth-order valence-corrected chi connectivity index (χ4v) is 3.89. The van der Waals surface area contributed by atoms with Gasteiger partial charge in [-0.25, -0.2) is 0 Å². The number of hydrogen-bond acceptors (Lipinski definition) is 6. The van der Waals surface area contributed by atoms with Crippen molar-refractivity contribution < 1.29 is 23.0 Å². The number of rotatable bonds is 10. The molecule has 1 amide bonds. The highest BCUT2D eigenvalue weighted by atomic mass is 35.5. The Hall–Kier alpha value is -2.69. The Morgan fingerprint density at radius 1 is 1.22 bits per heavy atom.